The van der Waals surface area contributed by atoms with Crippen molar-refractivity contribution in [2.24, 2.45) is 7.05 Å². The predicted octanol–water partition coefficient (Wildman–Crippen LogP) is 3.19. The molecule has 2 rings (SSSR count). The van der Waals surface area contributed by atoms with Gasteiger partial charge in [0.15, 0.2) is 0 Å². The van der Waals surface area contributed by atoms with E-state index in [1.165, 1.54) is 6.07 Å². The minimum absolute atomic E-state index is 0.285. The molecule has 0 unspecified atom stereocenters. The highest BCUT2D eigenvalue weighted by Crippen LogP contribution is 2.35. The van der Waals surface area contributed by atoms with Crippen LogP contribution in [-0.2, 0) is 7.05 Å². The van der Waals surface area contributed by atoms with Crippen molar-refractivity contribution in [3.05, 3.63) is 33.5 Å². The van der Waals surface area contributed by atoms with Gasteiger partial charge in [-0.25, -0.2) is 4.39 Å². The lowest BCUT2D eigenvalue weighted by Crippen LogP contribution is -1.97. The Morgan fingerprint density at radius 3 is 2.53 bits per heavy atom. The standard InChI is InChI=1S/C12H13BrFN3/c1-6-4-8(14)12(13)11(7(6)2)9-5-10(15)17(3)16-9/h4-5H,15H2,1-3H3. The van der Waals surface area contributed by atoms with E-state index in [0.717, 1.165) is 16.7 Å². The molecule has 0 bridgehead atoms. The van der Waals surface area contributed by atoms with Gasteiger partial charge in [-0.2, -0.15) is 5.10 Å². The lowest BCUT2D eigenvalue weighted by Gasteiger charge is -2.10. The molecule has 0 aliphatic carbocycles. The number of aromatic nitrogens is 2. The fraction of sp³-hybridized carbons (Fsp3) is 0.250. The van der Waals surface area contributed by atoms with E-state index >= 15 is 0 Å². The van der Waals surface area contributed by atoms with Gasteiger partial charge >= 0.3 is 0 Å². The molecule has 3 nitrogen and oxygen atoms in total. The summed E-state index contributed by atoms with van der Waals surface area (Å²) in [7, 11) is 1.76. The van der Waals surface area contributed by atoms with Crippen LogP contribution in [0.15, 0.2) is 16.6 Å². The van der Waals surface area contributed by atoms with Gasteiger partial charge in [-0.15, -0.1) is 0 Å². The van der Waals surface area contributed by atoms with Crippen LogP contribution in [0.5, 0.6) is 0 Å². The topological polar surface area (TPSA) is 43.8 Å². The van der Waals surface area contributed by atoms with Crippen LogP contribution in [0.4, 0.5) is 10.2 Å². The number of rotatable bonds is 1. The quantitative estimate of drug-likeness (QED) is 0.878. The summed E-state index contributed by atoms with van der Waals surface area (Å²) in [4.78, 5) is 0. The molecule has 0 aliphatic rings. The van der Waals surface area contributed by atoms with Crippen molar-refractivity contribution >= 4 is 21.7 Å². The number of nitrogens with two attached hydrogens (primary N) is 1. The van der Waals surface area contributed by atoms with Gasteiger partial charge in [-0.1, -0.05) is 0 Å². The Balaban J connectivity index is 2.74. The van der Waals surface area contributed by atoms with E-state index in [2.05, 4.69) is 21.0 Å². The number of halogens is 2. The molecule has 0 radical (unpaired) electrons. The smallest absolute Gasteiger partial charge is 0.138 e. The number of nitrogen functional groups attached to an aromatic ring is 1. The molecule has 2 aromatic rings. The number of anilines is 1. The number of hydrogen-bond donors (Lipinski definition) is 1. The van der Waals surface area contributed by atoms with Crippen LogP contribution >= 0.6 is 15.9 Å². The maximum absolute atomic E-state index is 13.7. The fourth-order valence-electron chi connectivity index (χ4n) is 1.75. The second-order valence-electron chi connectivity index (χ2n) is 4.07. The molecule has 0 atom stereocenters. The molecule has 17 heavy (non-hydrogen) atoms. The zero-order valence-corrected chi connectivity index (χ0v) is 11.5. The van der Waals surface area contributed by atoms with Crippen LogP contribution < -0.4 is 5.73 Å². The normalized spacial score (nSPS) is 10.9. The number of nitrogens with zero attached hydrogens (tertiary/aromatic N) is 2. The van der Waals surface area contributed by atoms with Gasteiger partial charge in [0.05, 0.1) is 10.2 Å². The first kappa shape index (κ1) is 12.1. The van der Waals surface area contributed by atoms with Crippen LogP contribution in [-0.4, -0.2) is 9.78 Å². The van der Waals surface area contributed by atoms with Crippen molar-refractivity contribution in [1.82, 2.24) is 9.78 Å². The van der Waals surface area contributed by atoms with Gasteiger partial charge in [0.25, 0.3) is 0 Å². The van der Waals surface area contributed by atoms with Gasteiger partial charge < -0.3 is 5.73 Å². The molecule has 90 valence electrons. The number of hydrogen-bond acceptors (Lipinski definition) is 2. The summed E-state index contributed by atoms with van der Waals surface area (Å²) >= 11 is 3.27. The van der Waals surface area contributed by atoms with Gasteiger partial charge in [-0.05, 0) is 47.0 Å². The number of aryl methyl sites for hydroxylation is 2. The van der Waals surface area contributed by atoms with Crippen LogP contribution in [0.25, 0.3) is 11.3 Å². The van der Waals surface area contributed by atoms with Crippen LogP contribution in [0.2, 0.25) is 0 Å². The Morgan fingerprint density at radius 1 is 1.35 bits per heavy atom. The van der Waals surface area contributed by atoms with Crippen LogP contribution in [0, 0.1) is 19.7 Å². The third-order valence-electron chi connectivity index (χ3n) is 2.91. The van der Waals surface area contributed by atoms with Crippen molar-refractivity contribution in [3.63, 3.8) is 0 Å². The van der Waals surface area contributed by atoms with E-state index in [-0.39, 0.29) is 5.82 Å². The predicted molar refractivity (Wildman–Crippen MR) is 70.2 cm³/mol. The van der Waals surface area contributed by atoms with Gasteiger partial charge in [-0.3, -0.25) is 4.68 Å². The summed E-state index contributed by atoms with van der Waals surface area (Å²) in [5.41, 5.74) is 9.07. The van der Waals surface area contributed by atoms with E-state index in [1.54, 1.807) is 17.8 Å². The van der Waals surface area contributed by atoms with Crippen LogP contribution in [0.3, 0.4) is 0 Å². The van der Waals surface area contributed by atoms with E-state index < -0.39 is 0 Å². The first-order chi connectivity index (χ1) is 7.91. The van der Waals surface area contributed by atoms with Crippen molar-refractivity contribution in [2.75, 3.05) is 5.73 Å². The average Bonchev–Trinajstić information content (AvgIpc) is 2.57. The SMILES string of the molecule is Cc1cc(F)c(Br)c(-c2cc(N)n(C)n2)c1C. The highest BCUT2D eigenvalue weighted by molar-refractivity contribution is 9.10. The monoisotopic (exact) mass is 297 g/mol. The molecule has 0 saturated heterocycles. The van der Waals surface area contributed by atoms with Crippen LogP contribution in [0.1, 0.15) is 11.1 Å². The summed E-state index contributed by atoms with van der Waals surface area (Å²) in [6.07, 6.45) is 0. The zero-order valence-electron chi connectivity index (χ0n) is 9.88. The van der Waals surface area contributed by atoms with Gasteiger partial charge in [0.1, 0.15) is 11.6 Å². The van der Waals surface area contributed by atoms with Crippen molar-refractivity contribution in [1.29, 1.82) is 0 Å². The minimum Gasteiger partial charge on any atom is -0.384 e. The molecule has 0 spiro atoms. The lowest BCUT2D eigenvalue weighted by molar-refractivity contribution is 0.619. The highest BCUT2D eigenvalue weighted by atomic mass is 79.9. The summed E-state index contributed by atoms with van der Waals surface area (Å²) in [6, 6.07) is 3.25. The Morgan fingerprint density at radius 2 is 2.00 bits per heavy atom. The fourth-order valence-corrected chi connectivity index (χ4v) is 2.37. The summed E-state index contributed by atoms with van der Waals surface area (Å²) in [6.45, 7) is 3.82. The molecule has 2 N–H and O–H groups in total. The largest absolute Gasteiger partial charge is 0.384 e. The minimum atomic E-state index is -0.285. The average molecular weight is 298 g/mol. The summed E-state index contributed by atoms with van der Waals surface area (Å²) in [5.74, 6) is 0.264. The van der Waals surface area contributed by atoms with Gasteiger partial charge in [0.2, 0.25) is 0 Å². The summed E-state index contributed by atoms with van der Waals surface area (Å²) < 4.78 is 15.7. The Hall–Kier alpha value is -1.36. The van der Waals surface area contributed by atoms with Gasteiger partial charge in [0, 0.05) is 18.7 Å². The first-order valence-corrected chi connectivity index (χ1v) is 5.96. The first-order valence-electron chi connectivity index (χ1n) is 5.17. The third kappa shape index (κ3) is 1.95. The third-order valence-corrected chi connectivity index (χ3v) is 3.69. The Labute approximate surface area is 108 Å². The molecule has 0 fully saturated rings. The molecular formula is C12H13BrFN3. The molecule has 5 heteroatoms. The van der Waals surface area contributed by atoms with Crippen molar-refractivity contribution < 1.29 is 4.39 Å². The van der Waals surface area contributed by atoms with E-state index in [0.29, 0.717) is 16.0 Å². The van der Waals surface area contributed by atoms with E-state index in [9.17, 15) is 4.39 Å². The Kier molecular flexibility index (Phi) is 2.95. The maximum Gasteiger partial charge on any atom is 0.138 e. The molecule has 1 aromatic heterocycles. The molecule has 1 heterocycles. The highest BCUT2D eigenvalue weighted by Gasteiger charge is 2.16. The maximum atomic E-state index is 13.7. The summed E-state index contributed by atoms with van der Waals surface area (Å²) in [5, 5.41) is 4.28. The second-order valence-corrected chi connectivity index (χ2v) is 4.86. The van der Waals surface area contributed by atoms with Crippen molar-refractivity contribution in [3.8, 4) is 11.3 Å². The molecule has 0 aliphatic heterocycles. The van der Waals surface area contributed by atoms with E-state index in [1.807, 2.05) is 13.8 Å². The second kappa shape index (κ2) is 4.14. The zero-order chi connectivity index (χ0) is 12.7. The molecular weight excluding hydrogens is 285 g/mol. The Bertz CT molecular complexity index is 544. The molecule has 0 saturated carbocycles. The molecule has 1 aromatic carbocycles. The van der Waals surface area contributed by atoms with Crippen molar-refractivity contribution in [2.45, 2.75) is 13.8 Å². The van der Waals surface area contributed by atoms with E-state index in [4.69, 9.17) is 5.73 Å². The number of benzene rings is 1. The lowest BCUT2D eigenvalue weighted by atomic mass is 10.0. The molecule has 0 amide bonds.